The Labute approximate surface area is 119 Å². The van der Waals surface area contributed by atoms with Crippen LogP contribution in [0.1, 0.15) is 27.7 Å². The van der Waals surface area contributed by atoms with E-state index in [0.717, 1.165) is 0 Å². The molecular weight excluding hydrogens is 260 g/mol. The Morgan fingerprint density at radius 2 is 1.65 bits per heavy atom. The molecule has 0 unspecified atom stereocenters. The van der Waals surface area contributed by atoms with Gasteiger partial charge >= 0.3 is 0 Å². The SMILES string of the molecule is C#C[C@@H](O)[C@H]1OC(C)(C)O[C@H]1[C@@H]1OC(C)(C)O[C@H]1C=C. The van der Waals surface area contributed by atoms with Crippen molar-refractivity contribution in [1.82, 2.24) is 0 Å². The van der Waals surface area contributed by atoms with Gasteiger partial charge in [0.05, 0.1) is 0 Å². The van der Waals surface area contributed by atoms with Crippen LogP contribution in [-0.2, 0) is 18.9 Å². The summed E-state index contributed by atoms with van der Waals surface area (Å²) in [6.07, 6.45) is 3.91. The molecule has 2 heterocycles. The van der Waals surface area contributed by atoms with E-state index in [1.165, 1.54) is 0 Å². The maximum absolute atomic E-state index is 9.95. The normalized spacial score (nSPS) is 40.2. The molecule has 2 rings (SSSR count). The first-order valence-corrected chi connectivity index (χ1v) is 6.67. The summed E-state index contributed by atoms with van der Waals surface area (Å²) in [6, 6.07) is 0. The topological polar surface area (TPSA) is 57.2 Å². The third-order valence-corrected chi connectivity index (χ3v) is 3.37. The van der Waals surface area contributed by atoms with E-state index in [4.69, 9.17) is 25.4 Å². The van der Waals surface area contributed by atoms with E-state index in [1.54, 1.807) is 19.9 Å². The largest absolute Gasteiger partial charge is 0.378 e. The van der Waals surface area contributed by atoms with Gasteiger partial charge in [-0.15, -0.1) is 13.0 Å². The van der Waals surface area contributed by atoms with Gasteiger partial charge in [-0.3, -0.25) is 0 Å². The Balaban J connectivity index is 2.25. The van der Waals surface area contributed by atoms with Crippen LogP contribution in [0.4, 0.5) is 0 Å². The summed E-state index contributed by atoms with van der Waals surface area (Å²) >= 11 is 0. The fourth-order valence-corrected chi connectivity index (χ4v) is 2.66. The molecule has 0 aromatic carbocycles. The Morgan fingerprint density at radius 3 is 2.20 bits per heavy atom. The minimum atomic E-state index is -1.07. The molecule has 0 aromatic rings. The van der Waals surface area contributed by atoms with Crippen LogP contribution >= 0.6 is 0 Å². The summed E-state index contributed by atoms with van der Waals surface area (Å²) in [4.78, 5) is 0. The zero-order valence-corrected chi connectivity index (χ0v) is 12.3. The minimum absolute atomic E-state index is 0.347. The molecule has 2 aliphatic heterocycles. The smallest absolute Gasteiger partial charge is 0.164 e. The highest BCUT2D eigenvalue weighted by atomic mass is 16.8. The van der Waals surface area contributed by atoms with E-state index in [-0.39, 0.29) is 6.10 Å². The van der Waals surface area contributed by atoms with Crippen LogP contribution in [0.15, 0.2) is 12.7 Å². The van der Waals surface area contributed by atoms with Crippen LogP contribution in [0, 0.1) is 12.3 Å². The van der Waals surface area contributed by atoms with Gasteiger partial charge in [0, 0.05) is 0 Å². The van der Waals surface area contributed by atoms with Crippen molar-refractivity contribution in [2.45, 2.75) is 69.8 Å². The van der Waals surface area contributed by atoms with Gasteiger partial charge in [0.1, 0.15) is 30.5 Å². The molecule has 0 aliphatic carbocycles. The fourth-order valence-electron chi connectivity index (χ4n) is 2.66. The van der Waals surface area contributed by atoms with Gasteiger partial charge in [0.15, 0.2) is 11.6 Å². The van der Waals surface area contributed by atoms with Crippen LogP contribution in [0.3, 0.4) is 0 Å². The highest BCUT2D eigenvalue weighted by molar-refractivity contribution is 5.08. The monoisotopic (exact) mass is 282 g/mol. The number of rotatable bonds is 3. The number of hydrogen-bond acceptors (Lipinski definition) is 5. The van der Waals surface area contributed by atoms with E-state index in [0.29, 0.717) is 0 Å². The lowest BCUT2D eigenvalue weighted by Gasteiger charge is -2.26. The first kappa shape index (κ1) is 15.5. The van der Waals surface area contributed by atoms with Crippen LogP contribution < -0.4 is 0 Å². The van der Waals surface area contributed by atoms with Gasteiger partial charge in [-0.05, 0) is 27.7 Å². The second-order valence-electron chi connectivity index (χ2n) is 5.98. The van der Waals surface area contributed by atoms with Crippen molar-refractivity contribution in [1.29, 1.82) is 0 Å². The van der Waals surface area contributed by atoms with E-state index in [2.05, 4.69) is 12.5 Å². The maximum atomic E-state index is 9.95. The molecule has 0 spiro atoms. The van der Waals surface area contributed by atoms with Crippen LogP contribution in [-0.4, -0.2) is 47.2 Å². The van der Waals surface area contributed by atoms with Crippen LogP contribution in [0.25, 0.3) is 0 Å². The van der Waals surface area contributed by atoms with Crippen molar-refractivity contribution in [2.24, 2.45) is 0 Å². The fraction of sp³-hybridized carbons (Fsp3) is 0.733. The Bertz CT molecular complexity index is 422. The number of terminal acetylenes is 1. The first-order chi connectivity index (χ1) is 9.19. The molecule has 5 nitrogen and oxygen atoms in total. The van der Waals surface area contributed by atoms with Crippen molar-refractivity contribution in [3.05, 3.63) is 12.7 Å². The van der Waals surface area contributed by atoms with Gasteiger partial charge in [-0.2, -0.15) is 0 Å². The van der Waals surface area contributed by atoms with Gasteiger partial charge in [-0.25, -0.2) is 0 Å². The van der Waals surface area contributed by atoms with Crippen molar-refractivity contribution in [3.8, 4) is 12.3 Å². The quantitative estimate of drug-likeness (QED) is 0.623. The molecular formula is C15H22O5. The van der Waals surface area contributed by atoms with Crippen molar-refractivity contribution in [2.75, 3.05) is 0 Å². The lowest BCUT2D eigenvalue weighted by Crippen LogP contribution is -2.45. The standard InChI is InChI=1S/C15H22O5/c1-7-9(16)11-13(20-15(5,6)18-11)12-10(8-2)17-14(3,4)19-12/h1,8-13,16H,2H2,3-6H3/t9-,10+,11-,12-,13-/m1/s1. The lowest BCUT2D eigenvalue weighted by molar-refractivity contribution is -0.175. The zero-order valence-electron chi connectivity index (χ0n) is 12.3. The third-order valence-electron chi connectivity index (χ3n) is 3.37. The average molecular weight is 282 g/mol. The van der Waals surface area contributed by atoms with Crippen molar-refractivity contribution >= 4 is 0 Å². The molecule has 20 heavy (non-hydrogen) atoms. The molecule has 2 fully saturated rings. The summed E-state index contributed by atoms with van der Waals surface area (Å²) in [5, 5.41) is 9.95. The van der Waals surface area contributed by atoms with Crippen molar-refractivity contribution in [3.63, 3.8) is 0 Å². The second kappa shape index (κ2) is 5.14. The Kier molecular flexibility index (Phi) is 3.98. The summed E-state index contributed by atoms with van der Waals surface area (Å²) < 4.78 is 23.2. The van der Waals surface area contributed by atoms with E-state index >= 15 is 0 Å². The average Bonchev–Trinajstić information content (AvgIpc) is 2.84. The molecule has 0 bridgehead atoms. The summed E-state index contributed by atoms with van der Waals surface area (Å²) in [5.41, 5.74) is 0. The molecule has 0 amide bonds. The Morgan fingerprint density at radius 1 is 1.10 bits per heavy atom. The zero-order chi connectivity index (χ0) is 15.1. The summed E-state index contributed by atoms with van der Waals surface area (Å²) in [7, 11) is 0. The lowest BCUT2D eigenvalue weighted by atomic mass is 9.99. The molecule has 0 radical (unpaired) electrons. The molecule has 2 aliphatic rings. The highest BCUT2D eigenvalue weighted by Gasteiger charge is 2.54. The highest BCUT2D eigenvalue weighted by Crippen LogP contribution is 2.39. The predicted octanol–water partition coefficient (Wildman–Crippen LogP) is 1.21. The molecule has 2 saturated heterocycles. The molecule has 1 N–H and O–H groups in total. The molecule has 0 aromatic heterocycles. The number of aliphatic hydroxyl groups excluding tert-OH is 1. The predicted molar refractivity (Wildman–Crippen MR) is 72.7 cm³/mol. The summed E-state index contributed by atoms with van der Waals surface area (Å²) in [6.45, 7) is 10.9. The van der Waals surface area contributed by atoms with Gasteiger partial charge in [-0.1, -0.05) is 12.0 Å². The maximum Gasteiger partial charge on any atom is 0.164 e. The van der Waals surface area contributed by atoms with Gasteiger partial charge < -0.3 is 24.1 Å². The number of aliphatic hydroxyl groups is 1. The molecule has 5 atom stereocenters. The Hall–Kier alpha value is -0.900. The van der Waals surface area contributed by atoms with Crippen molar-refractivity contribution < 1.29 is 24.1 Å². The van der Waals surface area contributed by atoms with E-state index in [9.17, 15) is 5.11 Å². The van der Waals surface area contributed by atoms with Crippen LogP contribution in [0.2, 0.25) is 0 Å². The second-order valence-corrected chi connectivity index (χ2v) is 5.98. The first-order valence-electron chi connectivity index (χ1n) is 6.67. The number of hydrogen-bond donors (Lipinski definition) is 1. The molecule has 112 valence electrons. The minimum Gasteiger partial charge on any atom is -0.378 e. The van der Waals surface area contributed by atoms with E-state index < -0.39 is 36.0 Å². The van der Waals surface area contributed by atoms with Gasteiger partial charge in [0.25, 0.3) is 0 Å². The molecule has 5 heteroatoms. The third kappa shape index (κ3) is 2.90. The van der Waals surface area contributed by atoms with E-state index in [1.807, 2.05) is 13.8 Å². The van der Waals surface area contributed by atoms with Gasteiger partial charge in [0.2, 0.25) is 0 Å². The van der Waals surface area contributed by atoms with Crippen LogP contribution in [0.5, 0.6) is 0 Å². The number of ether oxygens (including phenoxy) is 4. The molecule has 0 saturated carbocycles. The summed E-state index contributed by atoms with van der Waals surface area (Å²) in [5.74, 6) is 0.697.